The standard InChI is InChI=1S/C14H21F2N3O/c1-9-12(10(2)19-18-9)3-4-13(20)17-11-5-7-14(15,16)8-6-11/h11H,3-8H2,1-2H3,(H,17,20)(H,18,19). The van der Waals surface area contributed by atoms with Crippen LogP contribution in [0.3, 0.4) is 0 Å². The van der Waals surface area contributed by atoms with Crippen molar-refractivity contribution in [1.29, 1.82) is 0 Å². The molecule has 0 spiro atoms. The predicted octanol–water partition coefficient (Wildman–Crippen LogP) is 2.65. The van der Waals surface area contributed by atoms with Gasteiger partial charge in [0.2, 0.25) is 11.8 Å². The molecule has 2 rings (SSSR count). The molecule has 1 heterocycles. The summed E-state index contributed by atoms with van der Waals surface area (Å²) in [5, 5.41) is 9.83. The number of carbonyl (C=O) groups is 1. The number of aryl methyl sites for hydroxylation is 2. The van der Waals surface area contributed by atoms with Crippen LogP contribution in [0.5, 0.6) is 0 Å². The Hall–Kier alpha value is -1.46. The maximum Gasteiger partial charge on any atom is 0.248 e. The van der Waals surface area contributed by atoms with E-state index in [-0.39, 0.29) is 24.8 Å². The van der Waals surface area contributed by atoms with Crippen LogP contribution in [-0.4, -0.2) is 28.1 Å². The lowest BCUT2D eigenvalue weighted by Crippen LogP contribution is -2.40. The van der Waals surface area contributed by atoms with Crippen LogP contribution in [0.25, 0.3) is 0 Å². The molecule has 1 aliphatic rings. The number of aromatic nitrogens is 2. The van der Waals surface area contributed by atoms with E-state index in [1.54, 1.807) is 0 Å². The average Bonchev–Trinajstić information content (AvgIpc) is 2.69. The van der Waals surface area contributed by atoms with Crippen molar-refractivity contribution in [2.75, 3.05) is 0 Å². The zero-order valence-electron chi connectivity index (χ0n) is 11.9. The van der Waals surface area contributed by atoms with E-state index in [4.69, 9.17) is 0 Å². The fourth-order valence-electron chi connectivity index (χ4n) is 2.67. The Balaban J connectivity index is 1.76. The topological polar surface area (TPSA) is 57.8 Å². The van der Waals surface area contributed by atoms with Crippen LogP contribution in [0.15, 0.2) is 0 Å². The normalized spacial score (nSPS) is 19.0. The van der Waals surface area contributed by atoms with Gasteiger partial charge in [-0.2, -0.15) is 5.10 Å². The molecule has 0 bridgehead atoms. The van der Waals surface area contributed by atoms with Gasteiger partial charge in [0, 0.05) is 31.0 Å². The van der Waals surface area contributed by atoms with Gasteiger partial charge in [0.1, 0.15) is 0 Å². The minimum Gasteiger partial charge on any atom is -0.353 e. The van der Waals surface area contributed by atoms with Crippen LogP contribution in [0.2, 0.25) is 0 Å². The van der Waals surface area contributed by atoms with Gasteiger partial charge in [-0.05, 0) is 38.7 Å². The second-order valence-corrected chi connectivity index (χ2v) is 5.61. The fraction of sp³-hybridized carbons (Fsp3) is 0.714. The molecule has 1 amide bonds. The zero-order chi connectivity index (χ0) is 14.8. The number of rotatable bonds is 4. The van der Waals surface area contributed by atoms with Crippen molar-refractivity contribution in [2.24, 2.45) is 0 Å². The summed E-state index contributed by atoms with van der Waals surface area (Å²) in [6.45, 7) is 3.83. The van der Waals surface area contributed by atoms with Gasteiger partial charge < -0.3 is 5.32 Å². The number of amides is 1. The third kappa shape index (κ3) is 3.77. The highest BCUT2D eigenvalue weighted by Gasteiger charge is 2.35. The molecule has 1 fully saturated rings. The molecule has 0 radical (unpaired) electrons. The molecule has 1 aromatic heterocycles. The van der Waals surface area contributed by atoms with Gasteiger partial charge >= 0.3 is 0 Å². The number of nitrogens with one attached hydrogen (secondary N) is 2. The van der Waals surface area contributed by atoms with Crippen molar-refractivity contribution in [3.63, 3.8) is 0 Å². The molecule has 112 valence electrons. The Labute approximate surface area is 117 Å². The van der Waals surface area contributed by atoms with E-state index in [0.29, 0.717) is 25.7 Å². The number of aromatic amines is 1. The van der Waals surface area contributed by atoms with Crippen LogP contribution in [-0.2, 0) is 11.2 Å². The van der Waals surface area contributed by atoms with Crippen molar-refractivity contribution in [1.82, 2.24) is 15.5 Å². The number of halogens is 2. The van der Waals surface area contributed by atoms with Crippen molar-refractivity contribution < 1.29 is 13.6 Å². The molecule has 1 saturated carbocycles. The summed E-state index contributed by atoms with van der Waals surface area (Å²) in [7, 11) is 0. The van der Waals surface area contributed by atoms with Crippen LogP contribution in [0, 0.1) is 13.8 Å². The Morgan fingerprint density at radius 3 is 2.60 bits per heavy atom. The molecule has 0 saturated heterocycles. The maximum absolute atomic E-state index is 13.0. The molecule has 1 aliphatic carbocycles. The highest BCUT2D eigenvalue weighted by molar-refractivity contribution is 5.76. The monoisotopic (exact) mass is 285 g/mol. The van der Waals surface area contributed by atoms with E-state index < -0.39 is 5.92 Å². The lowest BCUT2D eigenvalue weighted by molar-refractivity contribution is -0.122. The van der Waals surface area contributed by atoms with E-state index in [0.717, 1.165) is 17.0 Å². The van der Waals surface area contributed by atoms with Crippen molar-refractivity contribution in [3.05, 3.63) is 17.0 Å². The van der Waals surface area contributed by atoms with Crippen molar-refractivity contribution in [2.45, 2.75) is 64.3 Å². The van der Waals surface area contributed by atoms with Crippen LogP contribution in [0.4, 0.5) is 8.78 Å². The third-order valence-corrected chi connectivity index (χ3v) is 3.97. The molecule has 0 atom stereocenters. The molecular formula is C14H21F2N3O. The minimum absolute atomic E-state index is 0.0692. The first-order chi connectivity index (χ1) is 9.37. The van der Waals surface area contributed by atoms with Gasteiger partial charge in [0.15, 0.2) is 0 Å². The van der Waals surface area contributed by atoms with Gasteiger partial charge in [-0.1, -0.05) is 0 Å². The van der Waals surface area contributed by atoms with Gasteiger partial charge in [-0.3, -0.25) is 9.89 Å². The first-order valence-electron chi connectivity index (χ1n) is 7.05. The number of hydrogen-bond donors (Lipinski definition) is 2. The summed E-state index contributed by atoms with van der Waals surface area (Å²) >= 11 is 0. The summed E-state index contributed by atoms with van der Waals surface area (Å²) in [4.78, 5) is 11.9. The van der Waals surface area contributed by atoms with Crippen molar-refractivity contribution in [3.8, 4) is 0 Å². The molecule has 0 aliphatic heterocycles. The Morgan fingerprint density at radius 1 is 1.40 bits per heavy atom. The SMILES string of the molecule is Cc1n[nH]c(C)c1CCC(=O)NC1CCC(F)(F)CC1. The number of hydrogen-bond acceptors (Lipinski definition) is 2. The number of nitrogens with zero attached hydrogens (tertiary/aromatic N) is 1. The van der Waals surface area contributed by atoms with Crippen LogP contribution >= 0.6 is 0 Å². The Kier molecular flexibility index (Phi) is 4.40. The summed E-state index contributed by atoms with van der Waals surface area (Å²) in [6.07, 6.45) is 1.47. The quantitative estimate of drug-likeness (QED) is 0.893. The van der Waals surface area contributed by atoms with E-state index in [1.165, 1.54) is 0 Å². The molecule has 20 heavy (non-hydrogen) atoms. The summed E-state index contributed by atoms with van der Waals surface area (Å²) in [6, 6.07) is -0.103. The summed E-state index contributed by atoms with van der Waals surface area (Å²) in [5.74, 6) is -2.62. The lowest BCUT2D eigenvalue weighted by atomic mass is 9.92. The van der Waals surface area contributed by atoms with E-state index in [9.17, 15) is 13.6 Å². The maximum atomic E-state index is 13.0. The predicted molar refractivity (Wildman–Crippen MR) is 71.7 cm³/mol. The summed E-state index contributed by atoms with van der Waals surface area (Å²) < 4.78 is 26.0. The smallest absolute Gasteiger partial charge is 0.248 e. The van der Waals surface area contributed by atoms with E-state index in [2.05, 4.69) is 15.5 Å². The van der Waals surface area contributed by atoms with Crippen LogP contribution in [0.1, 0.15) is 49.1 Å². The van der Waals surface area contributed by atoms with Gasteiger partial charge in [-0.25, -0.2) is 8.78 Å². The molecule has 2 N–H and O–H groups in total. The first-order valence-corrected chi connectivity index (χ1v) is 7.05. The molecule has 4 nitrogen and oxygen atoms in total. The number of H-pyrrole nitrogens is 1. The second kappa shape index (κ2) is 5.89. The number of carbonyl (C=O) groups excluding carboxylic acids is 1. The zero-order valence-corrected chi connectivity index (χ0v) is 11.9. The Bertz CT molecular complexity index is 455. The van der Waals surface area contributed by atoms with E-state index in [1.807, 2.05) is 13.8 Å². The van der Waals surface area contributed by atoms with E-state index >= 15 is 0 Å². The summed E-state index contributed by atoms with van der Waals surface area (Å²) in [5.41, 5.74) is 2.95. The number of alkyl halides is 2. The average molecular weight is 285 g/mol. The highest BCUT2D eigenvalue weighted by atomic mass is 19.3. The highest BCUT2D eigenvalue weighted by Crippen LogP contribution is 2.33. The molecular weight excluding hydrogens is 264 g/mol. The Morgan fingerprint density at radius 2 is 2.05 bits per heavy atom. The molecule has 1 aromatic rings. The molecule has 0 aromatic carbocycles. The van der Waals surface area contributed by atoms with Gasteiger partial charge in [-0.15, -0.1) is 0 Å². The van der Waals surface area contributed by atoms with Gasteiger partial charge in [0.05, 0.1) is 5.69 Å². The molecule has 6 heteroatoms. The minimum atomic E-state index is -2.55. The van der Waals surface area contributed by atoms with Crippen molar-refractivity contribution >= 4 is 5.91 Å². The molecule has 0 unspecified atom stereocenters. The second-order valence-electron chi connectivity index (χ2n) is 5.61. The largest absolute Gasteiger partial charge is 0.353 e. The first kappa shape index (κ1) is 14.9. The fourth-order valence-corrected chi connectivity index (χ4v) is 2.67. The van der Waals surface area contributed by atoms with Gasteiger partial charge in [0.25, 0.3) is 0 Å². The van der Waals surface area contributed by atoms with Crippen LogP contribution < -0.4 is 5.32 Å². The lowest BCUT2D eigenvalue weighted by Gasteiger charge is -2.28. The third-order valence-electron chi connectivity index (χ3n) is 3.97.